The molecule has 0 spiro atoms. The Labute approximate surface area is 386 Å². The summed E-state index contributed by atoms with van der Waals surface area (Å²) in [5.41, 5.74) is 6.87. The number of aromatic hydroxyl groups is 1. The molecule has 5 aromatic rings. The van der Waals surface area contributed by atoms with E-state index < -0.39 is 20.2 Å². The quantitative estimate of drug-likeness (QED) is 0.0467. The number of carbonyl (C=O) groups is 2. The standard InChI is InChI=1S/C53H57IN2O6Si/c1-6-16-35(29-36-30-45(54)50(57)47(31-36)60-5)23-28-46-48-37(33-62-63(53(2,3)4,41-19-12-8-13-20-41)42-21-14-9-15-22-42)32-43-49(44(48)34-61-46)52(59)56(51(43)58)40-26-24-39(25-27-40)55-38-17-10-7-11-18-38/h7-15,17-22,24-27,29-31,43-44,46,49,55,57H,6,16,23,28,32-34H2,1-5H3/b35-29+/t43-,44+,46-,49-/m1/s1. The topological polar surface area (TPSA) is 97.3 Å². The number of nitrogens with zero attached hydrogens (tertiary/aromatic N) is 1. The van der Waals surface area contributed by atoms with Crippen molar-refractivity contribution in [2.24, 2.45) is 17.8 Å². The second-order valence-corrected chi connectivity index (χ2v) is 23.4. The molecule has 0 bridgehead atoms. The number of fused-ring (bicyclic) bond motifs is 3. The summed E-state index contributed by atoms with van der Waals surface area (Å²) >= 11 is 2.14. The molecule has 10 heteroatoms. The molecule has 2 aliphatic heterocycles. The van der Waals surface area contributed by atoms with Gasteiger partial charge in [0.25, 0.3) is 8.32 Å². The zero-order chi connectivity index (χ0) is 44.3. The van der Waals surface area contributed by atoms with Crippen LogP contribution in [0.4, 0.5) is 17.1 Å². The fourth-order valence-corrected chi connectivity index (χ4v) is 15.3. The van der Waals surface area contributed by atoms with Crippen LogP contribution in [-0.4, -0.2) is 51.7 Å². The average molecular weight is 973 g/mol. The van der Waals surface area contributed by atoms with Gasteiger partial charge in [-0.15, -0.1) is 0 Å². The zero-order valence-electron chi connectivity index (χ0n) is 36.8. The van der Waals surface area contributed by atoms with Gasteiger partial charge in [0.1, 0.15) is 0 Å². The molecular weight excluding hydrogens is 916 g/mol. The summed E-state index contributed by atoms with van der Waals surface area (Å²) in [7, 11) is -1.38. The number of nitrogens with one attached hydrogen (secondary N) is 1. The van der Waals surface area contributed by atoms with Gasteiger partial charge in [-0.2, -0.15) is 0 Å². The zero-order valence-corrected chi connectivity index (χ0v) is 39.9. The minimum absolute atomic E-state index is 0.142. The van der Waals surface area contributed by atoms with Gasteiger partial charge in [-0.1, -0.05) is 125 Å². The number of allylic oxidation sites excluding steroid dienone is 1. The number of amides is 2. The van der Waals surface area contributed by atoms with Gasteiger partial charge < -0.3 is 24.3 Å². The van der Waals surface area contributed by atoms with Gasteiger partial charge in [-0.05, 0) is 129 Å². The van der Waals surface area contributed by atoms with Gasteiger partial charge >= 0.3 is 0 Å². The largest absolute Gasteiger partial charge is 0.504 e. The third-order valence-electron chi connectivity index (χ3n) is 13.0. The normalized spacial score (nSPS) is 20.2. The summed E-state index contributed by atoms with van der Waals surface area (Å²) in [6, 6.07) is 42.6. The van der Waals surface area contributed by atoms with Crippen LogP contribution in [-0.2, 0) is 18.8 Å². The van der Waals surface area contributed by atoms with E-state index in [9.17, 15) is 14.7 Å². The first-order valence-electron chi connectivity index (χ1n) is 22.1. The SMILES string of the molecule is CCC/C(=C\c1cc(I)c(O)c(OC)c1)CC[C@H]1OC[C@H]2C1=C(CO[Si](c1ccccc1)(c1ccccc1)C(C)(C)C)C[C@H]1C(=O)N(c3ccc(Nc4ccccc4)cc3)C(=O)[C@H]12. The van der Waals surface area contributed by atoms with E-state index in [1.165, 1.54) is 20.8 Å². The number of hydrogen-bond acceptors (Lipinski definition) is 7. The molecule has 0 unspecified atom stereocenters. The summed E-state index contributed by atoms with van der Waals surface area (Å²) in [4.78, 5) is 30.8. The van der Waals surface area contributed by atoms with E-state index >= 15 is 0 Å². The van der Waals surface area contributed by atoms with Crippen molar-refractivity contribution in [2.75, 3.05) is 30.5 Å². The third-order valence-corrected chi connectivity index (χ3v) is 18.8. The van der Waals surface area contributed by atoms with E-state index in [1.807, 2.05) is 66.7 Å². The van der Waals surface area contributed by atoms with Crippen LogP contribution in [0.2, 0.25) is 5.04 Å². The summed E-state index contributed by atoms with van der Waals surface area (Å²) in [6.45, 7) is 9.74. The van der Waals surface area contributed by atoms with Crippen LogP contribution < -0.4 is 25.3 Å². The van der Waals surface area contributed by atoms with Crippen LogP contribution in [0.25, 0.3) is 6.08 Å². The lowest BCUT2D eigenvalue weighted by Crippen LogP contribution is -2.66. The molecule has 5 aromatic carbocycles. The molecule has 8 nitrogen and oxygen atoms in total. The van der Waals surface area contributed by atoms with Crippen molar-refractivity contribution in [3.05, 3.63) is 153 Å². The second kappa shape index (κ2) is 19.0. The summed E-state index contributed by atoms with van der Waals surface area (Å²) in [6.07, 6.45) is 5.81. The number of rotatable bonds is 15. The molecule has 3 aliphatic rings. The van der Waals surface area contributed by atoms with E-state index in [2.05, 4.69) is 122 Å². The number of para-hydroxylation sites is 1. The summed E-state index contributed by atoms with van der Waals surface area (Å²) in [5, 5.41) is 16.1. The maximum atomic E-state index is 14.7. The Kier molecular flexibility index (Phi) is 13.4. The van der Waals surface area contributed by atoms with Gasteiger partial charge in [0.05, 0.1) is 47.5 Å². The number of phenolic OH excluding ortho intramolecular Hbond substituents is 1. The van der Waals surface area contributed by atoms with Crippen LogP contribution in [0, 0.1) is 21.3 Å². The van der Waals surface area contributed by atoms with Gasteiger partial charge in [0, 0.05) is 17.3 Å². The van der Waals surface area contributed by atoms with E-state index in [4.69, 9.17) is 13.9 Å². The monoisotopic (exact) mass is 972 g/mol. The number of ether oxygens (including phenoxy) is 2. The summed E-state index contributed by atoms with van der Waals surface area (Å²) in [5.74, 6) is -1.01. The van der Waals surface area contributed by atoms with Crippen molar-refractivity contribution in [1.29, 1.82) is 0 Å². The predicted octanol–water partition coefficient (Wildman–Crippen LogP) is 10.8. The molecule has 63 heavy (non-hydrogen) atoms. The highest BCUT2D eigenvalue weighted by Gasteiger charge is 2.58. The first-order valence-corrected chi connectivity index (χ1v) is 25.1. The van der Waals surface area contributed by atoms with Crippen LogP contribution in [0.1, 0.15) is 65.4 Å². The number of imide groups is 1. The maximum Gasteiger partial charge on any atom is 0.261 e. The van der Waals surface area contributed by atoms with Crippen LogP contribution >= 0.6 is 22.6 Å². The lowest BCUT2D eigenvalue weighted by atomic mass is 9.69. The van der Waals surface area contributed by atoms with Crippen LogP contribution in [0.15, 0.2) is 144 Å². The number of methoxy groups -OCH3 is 1. The molecule has 326 valence electrons. The molecule has 0 radical (unpaired) electrons. The molecule has 2 amide bonds. The predicted molar refractivity (Wildman–Crippen MR) is 264 cm³/mol. The van der Waals surface area contributed by atoms with Gasteiger partial charge in [0.2, 0.25) is 11.8 Å². The number of benzene rings is 5. The van der Waals surface area contributed by atoms with E-state index in [0.29, 0.717) is 31.1 Å². The fourth-order valence-electron chi connectivity index (χ4n) is 10.2. The van der Waals surface area contributed by atoms with Crippen LogP contribution in [0.3, 0.4) is 0 Å². The Morgan fingerprint density at radius 2 is 1.48 bits per heavy atom. The Morgan fingerprint density at radius 3 is 2.08 bits per heavy atom. The number of phenols is 1. The molecule has 2 N–H and O–H groups in total. The average Bonchev–Trinajstić information content (AvgIpc) is 3.82. The van der Waals surface area contributed by atoms with E-state index in [-0.39, 0.29) is 34.6 Å². The molecule has 0 aromatic heterocycles. The highest BCUT2D eigenvalue weighted by atomic mass is 127. The van der Waals surface area contributed by atoms with Gasteiger partial charge in [-0.3, -0.25) is 14.5 Å². The number of hydrogen-bond donors (Lipinski definition) is 2. The highest BCUT2D eigenvalue weighted by Crippen LogP contribution is 2.51. The minimum Gasteiger partial charge on any atom is -0.504 e. The van der Waals surface area contributed by atoms with Crippen molar-refractivity contribution in [2.45, 2.75) is 70.9 Å². The smallest absolute Gasteiger partial charge is 0.261 e. The molecule has 2 fully saturated rings. The van der Waals surface area contributed by atoms with Crippen molar-refractivity contribution < 1.29 is 28.6 Å². The fraction of sp³-hybridized carbons (Fsp3) is 0.321. The number of carbonyl (C=O) groups excluding carboxylic acids is 2. The van der Waals surface area contributed by atoms with Crippen molar-refractivity contribution in [3.8, 4) is 11.5 Å². The molecule has 8 rings (SSSR count). The molecule has 2 saturated heterocycles. The third kappa shape index (κ3) is 8.92. The Bertz CT molecular complexity index is 2450. The van der Waals surface area contributed by atoms with Crippen molar-refractivity contribution in [1.82, 2.24) is 0 Å². The van der Waals surface area contributed by atoms with Crippen LogP contribution in [0.5, 0.6) is 11.5 Å². The maximum absolute atomic E-state index is 14.7. The second-order valence-electron chi connectivity index (χ2n) is 18.0. The number of halogens is 1. The highest BCUT2D eigenvalue weighted by molar-refractivity contribution is 14.1. The molecular formula is C53H57IN2O6Si. The molecule has 0 saturated carbocycles. The minimum atomic E-state index is -2.95. The first-order chi connectivity index (χ1) is 30.4. The Morgan fingerprint density at radius 1 is 0.857 bits per heavy atom. The lowest BCUT2D eigenvalue weighted by molar-refractivity contribution is -0.122. The van der Waals surface area contributed by atoms with Gasteiger partial charge in [-0.25, -0.2) is 0 Å². The van der Waals surface area contributed by atoms with E-state index in [1.54, 1.807) is 7.11 Å². The molecule has 2 heterocycles. The molecule has 1 aliphatic carbocycles. The first kappa shape index (κ1) is 44.6. The van der Waals surface area contributed by atoms with Crippen molar-refractivity contribution in [3.63, 3.8) is 0 Å². The lowest BCUT2D eigenvalue weighted by Gasteiger charge is -2.44. The molecule has 4 atom stereocenters. The Balaban J connectivity index is 1.14. The summed E-state index contributed by atoms with van der Waals surface area (Å²) < 4.78 is 20.6. The Hall–Kier alpha value is -5.01. The van der Waals surface area contributed by atoms with E-state index in [0.717, 1.165) is 57.3 Å². The number of anilines is 3. The van der Waals surface area contributed by atoms with Crippen molar-refractivity contribution >= 4 is 76.2 Å². The van der Waals surface area contributed by atoms with Gasteiger partial charge in [0.15, 0.2) is 11.5 Å².